The topological polar surface area (TPSA) is 76.7 Å². The maximum absolute atomic E-state index is 11.4. The molecule has 1 amide bonds. The highest BCUT2D eigenvalue weighted by atomic mass is 35.5. The molecule has 1 heterocycles. The van der Waals surface area contributed by atoms with Crippen molar-refractivity contribution in [2.75, 3.05) is 19.0 Å². The second-order valence-corrected chi connectivity index (χ2v) is 4.67. The lowest BCUT2D eigenvalue weighted by Gasteiger charge is -2.13. The lowest BCUT2D eigenvalue weighted by atomic mass is 10.2. The van der Waals surface area contributed by atoms with Gasteiger partial charge in [-0.25, -0.2) is 0 Å². The highest BCUT2D eigenvalue weighted by Crippen LogP contribution is 2.20. The van der Waals surface area contributed by atoms with Gasteiger partial charge in [-0.1, -0.05) is 0 Å². The zero-order chi connectivity index (χ0) is 14.5. The molecule has 0 saturated carbocycles. The lowest BCUT2D eigenvalue weighted by Crippen LogP contribution is -2.31. The first-order chi connectivity index (χ1) is 9.58. The third-order valence-corrected chi connectivity index (χ3v) is 3.05. The third-order valence-electron chi connectivity index (χ3n) is 3.05. The Labute approximate surface area is 129 Å². The fourth-order valence-corrected chi connectivity index (χ4v) is 2.13. The lowest BCUT2D eigenvalue weighted by molar-refractivity contribution is -0.142. The van der Waals surface area contributed by atoms with Crippen LogP contribution in [0, 0.1) is 0 Å². The highest BCUT2D eigenvalue weighted by molar-refractivity contribution is 5.88. The molecule has 0 radical (unpaired) electrons. The number of nitrogens with one attached hydrogen (secondary N) is 2. The number of hydrogen-bond donors (Lipinski definition) is 2. The van der Waals surface area contributed by atoms with Gasteiger partial charge < -0.3 is 20.1 Å². The van der Waals surface area contributed by atoms with Gasteiger partial charge in [0.25, 0.3) is 0 Å². The van der Waals surface area contributed by atoms with Crippen LogP contribution in [-0.2, 0) is 14.3 Å². The van der Waals surface area contributed by atoms with Gasteiger partial charge in [0, 0.05) is 25.6 Å². The second-order valence-electron chi connectivity index (χ2n) is 4.67. The first kappa shape index (κ1) is 17.3. The molecule has 2 atom stereocenters. The predicted molar refractivity (Wildman–Crippen MR) is 80.8 cm³/mol. The molecule has 7 heteroatoms. The van der Waals surface area contributed by atoms with Gasteiger partial charge in [0.1, 0.15) is 17.9 Å². The summed E-state index contributed by atoms with van der Waals surface area (Å²) < 4.78 is 10.5. The van der Waals surface area contributed by atoms with E-state index in [0.717, 1.165) is 5.69 Å². The maximum Gasteiger partial charge on any atom is 0.323 e. The zero-order valence-electron chi connectivity index (χ0n) is 11.9. The van der Waals surface area contributed by atoms with E-state index in [-0.39, 0.29) is 36.4 Å². The molecular weight excluding hydrogens is 296 g/mol. The molecule has 0 spiro atoms. The summed E-state index contributed by atoms with van der Waals surface area (Å²) in [5.41, 5.74) is 0.724. The van der Waals surface area contributed by atoms with Crippen LogP contribution in [0.15, 0.2) is 24.3 Å². The Kier molecular flexibility index (Phi) is 6.45. The predicted octanol–water partition coefficient (Wildman–Crippen LogP) is 1.35. The van der Waals surface area contributed by atoms with Crippen molar-refractivity contribution in [3.63, 3.8) is 0 Å². The van der Waals surface area contributed by atoms with Crippen molar-refractivity contribution in [3.8, 4) is 5.75 Å². The number of methoxy groups -OCH3 is 1. The number of anilines is 1. The second kappa shape index (κ2) is 7.85. The molecule has 1 aromatic carbocycles. The summed E-state index contributed by atoms with van der Waals surface area (Å²) in [7, 11) is 1.37. The molecule has 1 fully saturated rings. The van der Waals surface area contributed by atoms with E-state index in [1.165, 1.54) is 14.0 Å². The summed E-state index contributed by atoms with van der Waals surface area (Å²) in [6.45, 7) is 2.06. The van der Waals surface area contributed by atoms with E-state index in [1.54, 1.807) is 24.3 Å². The normalized spacial score (nSPS) is 20.3. The number of hydrogen-bond acceptors (Lipinski definition) is 5. The van der Waals surface area contributed by atoms with Crippen LogP contribution in [0.1, 0.15) is 13.3 Å². The molecule has 1 aromatic rings. The Bertz CT molecular complexity index is 492. The van der Waals surface area contributed by atoms with Gasteiger partial charge in [-0.3, -0.25) is 9.59 Å². The first-order valence-electron chi connectivity index (χ1n) is 6.44. The fourth-order valence-electron chi connectivity index (χ4n) is 2.13. The van der Waals surface area contributed by atoms with Crippen molar-refractivity contribution in [2.24, 2.45) is 0 Å². The molecule has 116 valence electrons. The van der Waals surface area contributed by atoms with Crippen LogP contribution >= 0.6 is 12.4 Å². The average Bonchev–Trinajstić information content (AvgIpc) is 2.88. The summed E-state index contributed by atoms with van der Waals surface area (Å²) in [6, 6.07) is 6.82. The average molecular weight is 315 g/mol. The van der Waals surface area contributed by atoms with E-state index >= 15 is 0 Å². The smallest absolute Gasteiger partial charge is 0.323 e. The summed E-state index contributed by atoms with van der Waals surface area (Å²) in [5, 5.41) is 5.75. The summed E-state index contributed by atoms with van der Waals surface area (Å²) >= 11 is 0. The molecule has 0 aliphatic carbocycles. The van der Waals surface area contributed by atoms with E-state index in [9.17, 15) is 9.59 Å². The molecule has 0 unspecified atom stereocenters. The van der Waals surface area contributed by atoms with Crippen molar-refractivity contribution in [3.05, 3.63) is 24.3 Å². The number of carbonyl (C=O) groups excluding carboxylic acids is 2. The Morgan fingerprint density at radius 2 is 1.95 bits per heavy atom. The van der Waals surface area contributed by atoms with Gasteiger partial charge in [-0.2, -0.15) is 0 Å². The summed E-state index contributed by atoms with van der Waals surface area (Å²) in [5.74, 6) is 0.327. The number of halogens is 1. The molecule has 2 N–H and O–H groups in total. The van der Waals surface area contributed by atoms with Gasteiger partial charge in [0.2, 0.25) is 5.91 Å². The van der Waals surface area contributed by atoms with E-state index in [4.69, 9.17) is 4.74 Å². The SMILES string of the molecule is COC(=O)[C@@H]1C[C@H](Oc2ccc(NC(C)=O)cc2)CN1.Cl. The number of benzene rings is 1. The molecule has 21 heavy (non-hydrogen) atoms. The number of amides is 1. The minimum absolute atomic E-state index is 0. The molecular formula is C14H19ClN2O4. The van der Waals surface area contributed by atoms with Crippen LogP contribution in [0.4, 0.5) is 5.69 Å². The molecule has 1 aliphatic heterocycles. The van der Waals surface area contributed by atoms with Crippen molar-refractivity contribution in [2.45, 2.75) is 25.5 Å². The number of esters is 1. The monoisotopic (exact) mass is 314 g/mol. The van der Waals surface area contributed by atoms with Crippen LogP contribution in [0.25, 0.3) is 0 Å². The van der Waals surface area contributed by atoms with E-state index in [1.807, 2.05) is 0 Å². The summed E-state index contributed by atoms with van der Waals surface area (Å²) in [6.07, 6.45) is 0.519. The minimum Gasteiger partial charge on any atom is -0.489 e. The molecule has 0 bridgehead atoms. The van der Waals surface area contributed by atoms with Crippen LogP contribution in [0.5, 0.6) is 5.75 Å². The van der Waals surface area contributed by atoms with Crippen molar-refractivity contribution < 1.29 is 19.1 Å². The highest BCUT2D eigenvalue weighted by Gasteiger charge is 2.31. The largest absolute Gasteiger partial charge is 0.489 e. The van der Waals surface area contributed by atoms with Crippen molar-refractivity contribution >= 4 is 30.0 Å². The number of ether oxygens (including phenoxy) is 2. The van der Waals surface area contributed by atoms with Crippen molar-refractivity contribution in [1.82, 2.24) is 5.32 Å². The number of rotatable bonds is 4. The van der Waals surface area contributed by atoms with E-state index in [2.05, 4.69) is 15.4 Å². The van der Waals surface area contributed by atoms with Gasteiger partial charge in [-0.15, -0.1) is 12.4 Å². The standard InChI is InChI=1S/C14H18N2O4.ClH/c1-9(17)16-10-3-5-11(6-4-10)20-12-7-13(15-8-12)14(18)19-2;/h3-6,12-13,15H,7-8H2,1-2H3,(H,16,17);1H/t12-,13-;/m0./s1. The Morgan fingerprint density at radius 1 is 1.29 bits per heavy atom. The van der Waals surface area contributed by atoms with Gasteiger partial charge in [-0.05, 0) is 24.3 Å². The zero-order valence-corrected chi connectivity index (χ0v) is 12.7. The Morgan fingerprint density at radius 3 is 2.52 bits per heavy atom. The molecule has 1 aliphatic rings. The van der Waals surface area contributed by atoms with Crippen LogP contribution in [0.3, 0.4) is 0 Å². The van der Waals surface area contributed by atoms with Gasteiger partial charge in [0.05, 0.1) is 7.11 Å². The third kappa shape index (κ3) is 4.91. The quantitative estimate of drug-likeness (QED) is 0.820. The fraction of sp³-hybridized carbons (Fsp3) is 0.429. The Balaban J connectivity index is 0.00000220. The molecule has 1 saturated heterocycles. The minimum atomic E-state index is -0.302. The van der Waals surface area contributed by atoms with Gasteiger partial charge in [0.15, 0.2) is 0 Å². The van der Waals surface area contributed by atoms with Crippen molar-refractivity contribution in [1.29, 1.82) is 0 Å². The van der Waals surface area contributed by atoms with Crippen LogP contribution < -0.4 is 15.4 Å². The van der Waals surface area contributed by atoms with Crippen LogP contribution in [-0.4, -0.2) is 37.7 Å². The first-order valence-corrected chi connectivity index (χ1v) is 6.44. The molecule has 0 aromatic heterocycles. The van der Waals surface area contributed by atoms with Gasteiger partial charge >= 0.3 is 5.97 Å². The summed E-state index contributed by atoms with van der Waals surface area (Å²) in [4.78, 5) is 22.3. The van der Waals surface area contributed by atoms with Crippen LogP contribution in [0.2, 0.25) is 0 Å². The number of carbonyl (C=O) groups is 2. The Hall–Kier alpha value is -1.79. The van der Waals surface area contributed by atoms with E-state index in [0.29, 0.717) is 18.7 Å². The van der Waals surface area contributed by atoms with E-state index < -0.39 is 0 Å². The molecule has 6 nitrogen and oxygen atoms in total. The maximum atomic E-state index is 11.4. The molecule has 2 rings (SSSR count).